The van der Waals surface area contributed by atoms with E-state index in [0.717, 1.165) is 0 Å². The second kappa shape index (κ2) is 8.57. The van der Waals surface area contributed by atoms with E-state index in [1.165, 1.54) is 15.6 Å². The molecule has 0 N–H and O–H groups in total. The molecule has 0 saturated carbocycles. The van der Waals surface area contributed by atoms with Crippen molar-refractivity contribution in [3.63, 3.8) is 0 Å². The van der Waals surface area contributed by atoms with Gasteiger partial charge in [0.15, 0.2) is 0 Å². The Balaban J connectivity index is 1.59. The van der Waals surface area contributed by atoms with Crippen molar-refractivity contribution in [3.8, 4) is 0 Å². The van der Waals surface area contributed by atoms with Crippen LogP contribution < -0.4 is 0 Å². The average Bonchev–Trinajstić information content (AvgIpc) is 3.23. The highest BCUT2D eigenvalue weighted by molar-refractivity contribution is 7.91. The second-order valence-electron chi connectivity index (χ2n) is 6.65. The van der Waals surface area contributed by atoms with Crippen LogP contribution in [0.1, 0.15) is 19.8 Å². The standard InChI is InChI=1S/C17H25N3O5S2/c1-2-25-17(22)19-10-8-18(9-11-19)16(21)14-5-3-7-20(13-14)27(23,24)15-6-4-12-26-15/h4,6,12,14H,2-3,5,7-11,13H2,1H3/t14-/m0/s1. The zero-order valence-electron chi connectivity index (χ0n) is 15.4. The Labute approximate surface area is 163 Å². The molecule has 3 heterocycles. The number of piperazine rings is 1. The minimum absolute atomic E-state index is 0.0235. The number of amides is 2. The Bertz CT molecular complexity index is 758. The molecule has 0 aliphatic carbocycles. The lowest BCUT2D eigenvalue weighted by molar-refractivity contribution is -0.138. The molecular formula is C17H25N3O5S2. The van der Waals surface area contributed by atoms with E-state index in [1.54, 1.807) is 34.2 Å². The van der Waals surface area contributed by atoms with Crippen molar-refractivity contribution in [2.45, 2.75) is 24.0 Å². The van der Waals surface area contributed by atoms with Crippen LogP contribution in [-0.4, -0.2) is 80.4 Å². The van der Waals surface area contributed by atoms with Crippen molar-refractivity contribution in [1.82, 2.24) is 14.1 Å². The number of thiophene rings is 1. The minimum atomic E-state index is -3.53. The van der Waals surface area contributed by atoms with Crippen LogP contribution in [0.3, 0.4) is 0 Å². The highest BCUT2D eigenvalue weighted by atomic mass is 32.2. The van der Waals surface area contributed by atoms with E-state index >= 15 is 0 Å². The molecule has 2 aliphatic rings. The molecule has 150 valence electrons. The molecule has 1 aromatic rings. The monoisotopic (exact) mass is 415 g/mol. The lowest BCUT2D eigenvalue weighted by atomic mass is 9.98. The van der Waals surface area contributed by atoms with E-state index < -0.39 is 10.0 Å². The Morgan fingerprint density at radius 3 is 2.52 bits per heavy atom. The first-order valence-corrected chi connectivity index (χ1v) is 11.5. The van der Waals surface area contributed by atoms with Crippen LogP contribution >= 0.6 is 11.3 Å². The molecular weight excluding hydrogens is 390 g/mol. The van der Waals surface area contributed by atoms with Crippen LogP contribution in [0.15, 0.2) is 21.7 Å². The fourth-order valence-electron chi connectivity index (χ4n) is 3.48. The molecule has 0 bridgehead atoms. The van der Waals surface area contributed by atoms with E-state index in [9.17, 15) is 18.0 Å². The van der Waals surface area contributed by atoms with Gasteiger partial charge >= 0.3 is 6.09 Å². The third-order valence-electron chi connectivity index (χ3n) is 4.94. The van der Waals surface area contributed by atoms with Gasteiger partial charge in [0.25, 0.3) is 10.0 Å². The van der Waals surface area contributed by atoms with Crippen molar-refractivity contribution in [2.75, 3.05) is 45.9 Å². The minimum Gasteiger partial charge on any atom is -0.450 e. The van der Waals surface area contributed by atoms with Crippen molar-refractivity contribution < 1.29 is 22.7 Å². The molecule has 0 unspecified atom stereocenters. The van der Waals surface area contributed by atoms with Crippen molar-refractivity contribution >= 4 is 33.4 Å². The number of carbonyl (C=O) groups is 2. The number of hydrogen-bond acceptors (Lipinski definition) is 6. The second-order valence-corrected chi connectivity index (χ2v) is 9.76. The van der Waals surface area contributed by atoms with Gasteiger partial charge < -0.3 is 14.5 Å². The zero-order chi connectivity index (χ0) is 19.4. The molecule has 1 aromatic heterocycles. The lowest BCUT2D eigenvalue weighted by Gasteiger charge is -2.38. The summed E-state index contributed by atoms with van der Waals surface area (Å²) in [5.74, 6) is -0.354. The maximum atomic E-state index is 12.9. The summed E-state index contributed by atoms with van der Waals surface area (Å²) in [6.45, 7) is 4.53. The Morgan fingerprint density at radius 1 is 1.19 bits per heavy atom. The van der Waals surface area contributed by atoms with Crippen LogP contribution in [-0.2, 0) is 19.6 Å². The van der Waals surface area contributed by atoms with Gasteiger partial charge in [-0.1, -0.05) is 6.07 Å². The molecule has 3 rings (SSSR count). The predicted octanol–water partition coefficient (Wildman–Crippen LogP) is 1.45. The predicted molar refractivity (Wildman–Crippen MR) is 101 cm³/mol. The number of rotatable bonds is 4. The number of hydrogen-bond donors (Lipinski definition) is 0. The largest absolute Gasteiger partial charge is 0.450 e. The quantitative estimate of drug-likeness (QED) is 0.743. The number of piperidine rings is 1. The first-order valence-electron chi connectivity index (χ1n) is 9.17. The summed E-state index contributed by atoms with van der Waals surface area (Å²) in [5, 5.41) is 1.74. The molecule has 1 atom stereocenters. The SMILES string of the molecule is CCOC(=O)N1CCN(C(=O)[C@H]2CCCN(S(=O)(=O)c3cccs3)C2)CC1. The summed E-state index contributed by atoms with van der Waals surface area (Å²) >= 11 is 1.19. The van der Waals surface area contributed by atoms with Crippen molar-refractivity contribution in [3.05, 3.63) is 17.5 Å². The van der Waals surface area contributed by atoms with Crippen LogP contribution in [0.5, 0.6) is 0 Å². The van der Waals surface area contributed by atoms with Gasteiger partial charge in [-0.3, -0.25) is 4.79 Å². The Kier molecular flexibility index (Phi) is 6.38. The van der Waals surface area contributed by atoms with Gasteiger partial charge in [0.1, 0.15) is 4.21 Å². The van der Waals surface area contributed by atoms with Crippen LogP contribution in [0.2, 0.25) is 0 Å². The van der Waals surface area contributed by atoms with E-state index in [2.05, 4.69) is 0 Å². The van der Waals surface area contributed by atoms with E-state index in [1.807, 2.05) is 0 Å². The Hall–Kier alpha value is -1.65. The summed E-state index contributed by atoms with van der Waals surface area (Å²) in [6.07, 6.45) is 1.01. The molecule has 2 aliphatic heterocycles. The summed E-state index contributed by atoms with van der Waals surface area (Å²) in [4.78, 5) is 28.0. The summed E-state index contributed by atoms with van der Waals surface area (Å²) < 4.78 is 32.2. The van der Waals surface area contributed by atoms with Crippen LogP contribution in [0.25, 0.3) is 0 Å². The molecule has 10 heteroatoms. The summed E-state index contributed by atoms with van der Waals surface area (Å²) in [6, 6.07) is 3.31. The molecule has 0 radical (unpaired) electrons. The Morgan fingerprint density at radius 2 is 1.89 bits per heavy atom. The third-order valence-corrected chi connectivity index (χ3v) is 8.18. The molecule has 0 spiro atoms. The maximum Gasteiger partial charge on any atom is 0.409 e. The summed E-state index contributed by atoms with van der Waals surface area (Å²) in [5.41, 5.74) is 0. The van der Waals surface area contributed by atoms with Gasteiger partial charge in [-0.05, 0) is 31.2 Å². The molecule has 2 fully saturated rings. The van der Waals surface area contributed by atoms with E-state index in [4.69, 9.17) is 4.74 Å². The molecule has 0 aromatic carbocycles. The third kappa shape index (κ3) is 4.44. The van der Waals surface area contributed by atoms with Gasteiger partial charge in [-0.2, -0.15) is 4.31 Å². The fourth-order valence-corrected chi connectivity index (χ4v) is 6.15. The average molecular weight is 416 g/mol. The maximum absolute atomic E-state index is 12.9. The molecule has 2 saturated heterocycles. The number of sulfonamides is 1. The van der Waals surface area contributed by atoms with Crippen LogP contribution in [0, 0.1) is 5.92 Å². The highest BCUT2D eigenvalue weighted by Gasteiger charge is 2.36. The van der Waals surface area contributed by atoms with Gasteiger partial charge in [0.05, 0.1) is 12.5 Å². The van der Waals surface area contributed by atoms with E-state index in [0.29, 0.717) is 56.4 Å². The highest BCUT2D eigenvalue weighted by Crippen LogP contribution is 2.27. The van der Waals surface area contributed by atoms with Crippen LogP contribution in [0.4, 0.5) is 4.79 Å². The number of nitrogens with zero attached hydrogens (tertiary/aromatic N) is 3. The van der Waals surface area contributed by atoms with Gasteiger partial charge in [0, 0.05) is 39.3 Å². The van der Waals surface area contributed by atoms with Gasteiger partial charge in [-0.25, -0.2) is 13.2 Å². The topological polar surface area (TPSA) is 87.2 Å². The smallest absolute Gasteiger partial charge is 0.409 e. The zero-order valence-corrected chi connectivity index (χ0v) is 17.0. The fraction of sp³-hybridized carbons (Fsp3) is 0.647. The first kappa shape index (κ1) is 20.1. The summed E-state index contributed by atoms with van der Waals surface area (Å²) in [7, 11) is -3.53. The molecule has 8 nitrogen and oxygen atoms in total. The number of ether oxygens (including phenoxy) is 1. The van der Waals surface area contributed by atoms with Gasteiger partial charge in [-0.15, -0.1) is 11.3 Å². The number of carbonyl (C=O) groups excluding carboxylic acids is 2. The lowest BCUT2D eigenvalue weighted by Crippen LogP contribution is -2.54. The van der Waals surface area contributed by atoms with Gasteiger partial charge in [0.2, 0.25) is 5.91 Å². The van der Waals surface area contributed by atoms with Crippen molar-refractivity contribution in [1.29, 1.82) is 0 Å². The molecule has 2 amide bonds. The molecule has 27 heavy (non-hydrogen) atoms. The van der Waals surface area contributed by atoms with E-state index in [-0.39, 0.29) is 24.5 Å². The normalized spacial score (nSPS) is 21.9. The first-order chi connectivity index (χ1) is 12.9. The van der Waals surface area contributed by atoms with Crippen molar-refractivity contribution in [2.24, 2.45) is 5.92 Å².